The molecule has 2 unspecified atom stereocenters. The first-order valence-corrected chi connectivity index (χ1v) is 6.78. The van der Waals surface area contributed by atoms with Gasteiger partial charge in [0.2, 0.25) is 6.10 Å². The standard InChI is InChI=1S/C11H12Br2F3NO/c1-2-8(17)10(11(14,15)16)18-9-4-3-6(12)5-7(9)13/h3-5,8,10H,2,17H2,1H3. The van der Waals surface area contributed by atoms with E-state index in [1.54, 1.807) is 19.1 Å². The number of alkyl halides is 3. The van der Waals surface area contributed by atoms with Crippen LogP contribution in [0.5, 0.6) is 5.75 Å². The predicted molar refractivity (Wildman–Crippen MR) is 70.6 cm³/mol. The van der Waals surface area contributed by atoms with Gasteiger partial charge in [-0.25, -0.2) is 0 Å². The summed E-state index contributed by atoms with van der Waals surface area (Å²) >= 11 is 6.36. The van der Waals surface area contributed by atoms with Crippen LogP contribution < -0.4 is 10.5 Å². The number of hydrogen-bond donors (Lipinski definition) is 1. The quantitative estimate of drug-likeness (QED) is 0.833. The van der Waals surface area contributed by atoms with E-state index in [1.807, 2.05) is 0 Å². The molecule has 0 radical (unpaired) electrons. The second-order valence-electron chi connectivity index (χ2n) is 3.73. The molecule has 2 N–H and O–H groups in total. The second-order valence-corrected chi connectivity index (χ2v) is 5.50. The predicted octanol–water partition coefficient (Wildman–Crippen LogP) is 4.26. The molecule has 0 saturated heterocycles. The minimum absolute atomic E-state index is 0.115. The van der Waals surface area contributed by atoms with Crippen LogP contribution in [-0.2, 0) is 0 Å². The Morgan fingerprint density at radius 3 is 2.39 bits per heavy atom. The van der Waals surface area contributed by atoms with Crippen molar-refractivity contribution in [2.45, 2.75) is 31.7 Å². The maximum absolute atomic E-state index is 12.8. The molecule has 0 fully saturated rings. The summed E-state index contributed by atoms with van der Waals surface area (Å²) in [5, 5.41) is 0. The van der Waals surface area contributed by atoms with Gasteiger partial charge in [-0.3, -0.25) is 0 Å². The van der Waals surface area contributed by atoms with Gasteiger partial charge >= 0.3 is 6.18 Å². The van der Waals surface area contributed by atoms with Crippen LogP contribution >= 0.6 is 31.9 Å². The summed E-state index contributed by atoms with van der Waals surface area (Å²) in [7, 11) is 0. The second kappa shape index (κ2) is 6.25. The molecule has 18 heavy (non-hydrogen) atoms. The topological polar surface area (TPSA) is 35.2 Å². The van der Waals surface area contributed by atoms with Crippen molar-refractivity contribution < 1.29 is 17.9 Å². The van der Waals surface area contributed by atoms with Crippen molar-refractivity contribution in [1.82, 2.24) is 0 Å². The Kier molecular flexibility index (Phi) is 5.48. The van der Waals surface area contributed by atoms with Crippen molar-refractivity contribution in [2.75, 3.05) is 0 Å². The minimum atomic E-state index is -4.50. The largest absolute Gasteiger partial charge is 0.478 e. The van der Waals surface area contributed by atoms with E-state index in [0.717, 1.165) is 4.47 Å². The molecule has 0 bridgehead atoms. The van der Waals surface area contributed by atoms with Gasteiger partial charge in [-0.15, -0.1) is 0 Å². The molecule has 0 spiro atoms. The van der Waals surface area contributed by atoms with E-state index in [-0.39, 0.29) is 12.2 Å². The van der Waals surface area contributed by atoms with Gasteiger partial charge in [-0.1, -0.05) is 22.9 Å². The molecular weight excluding hydrogens is 379 g/mol. The molecular formula is C11H12Br2F3NO. The highest BCUT2D eigenvalue weighted by molar-refractivity contribution is 9.11. The summed E-state index contributed by atoms with van der Waals surface area (Å²) in [6.07, 6.45) is -6.33. The monoisotopic (exact) mass is 389 g/mol. The molecule has 0 aromatic heterocycles. The summed E-state index contributed by atoms with van der Waals surface area (Å²) in [6, 6.07) is 3.57. The number of halogens is 5. The first-order valence-electron chi connectivity index (χ1n) is 5.19. The van der Waals surface area contributed by atoms with E-state index in [1.165, 1.54) is 6.07 Å². The fourth-order valence-corrected chi connectivity index (χ4v) is 2.46. The van der Waals surface area contributed by atoms with Crippen molar-refractivity contribution in [3.8, 4) is 5.75 Å². The van der Waals surface area contributed by atoms with E-state index in [9.17, 15) is 13.2 Å². The number of nitrogens with two attached hydrogens (primary N) is 1. The van der Waals surface area contributed by atoms with E-state index in [4.69, 9.17) is 10.5 Å². The van der Waals surface area contributed by atoms with Crippen LogP contribution in [0.1, 0.15) is 13.3 Å². The third-order valence-corrected chi connectivity index (χ3v) is 3.44. The molecule has 2 atom stereocenters. The molecule has 0 heterocycles. The molecule has 102 valence electrons. The minimum Gasteiger partial charge on any atom is -0.478 e. The molecule has 0 amide bonds. The van der Waals surface area contributed by atoms with Gasteiger partial charge in [0, 0.05) is 4.47 Å². The Bertz CT molecular complexity index is 412. The maximum atomic E-state index is 12.8. The summed E-state index contributed by atoms with van der Waals surface area (Å²) < 4.78 is 44.7. The van der Waals surface area contributed by atoms with Gasteiger partial charge in [0.25, 0.3) is 0 Å². The van der Waals surface area contributed by atoms with Crippen LogP contribution in [-0.4, -0.2) is 18.3 Å². The van der Waals surface area contributed by atoms with Gasteiger partial charge in [-0.2, -0.15) is 13.2 Å². The zero-order valence-corrected chi connectivity index (χ0v) is 12.6. The molecule has 0 saturated carbocycles. The Hall–Kier alpha value is -0.270. The first kappa shape index (κ1) is 15.8. The van der Waals surface area contributed by atoms with E-state index >= 15 is 0 Å². The van der Waals surface area contributed by atoms with E-state index in [2.05, 4.69) is 31.9 Å². The van der Waals surface area contributed by atoms with Crippen molar-refractivity contribution in [1.29, 1.82) is 0 Å². The highest BCUT2D eigenvalue weighted by Gasteiger charge is 2.45. The number of rotatable bonds is 4. The van der Waals surface area contributed by atoms with Crippen LogP contribution in [0, 0.1) is 0 Å². The number of benzene rings is 1. The van der Waals surface area contributed by atoms with Crippen LogP contribution in [0.25, 0.3) is 0 Å². The fraction of sp³-hybridized carbons (Fsp3) is 0.455. The zero-order chi connectivity index (χ0) is 13.9. The third kappa shape index (κ3) is 4.13. The van der Waals surface area contributed by atoms with Gasteiger partial charge in [0.1, 0.15) is 5.75 Å². The molecule has 1 aromatic carbocycles. The van der Waals surface area contributed by atoms with Gasteiger partial charge < -0.3 is 10.5 Å². The molecule has 7 heteroatoms. The molecule has 1 rings (SSSR count). The lowest BCUT2D eigenvalue weighted by atomic mass is 10.1. The smallest absolute Gasteiger partial charge is 0.426 e. The molecule has 1 aromatic rings. The lowest BCUT2D eigenvalue weighted by molar-refractivity contribution is -0.201. The highest BCUT2D eigenvalue weighted by Crippen LogP contribution is 2.33. The van der Waals surface area contributed by atoms with Gasteiger partial charge in [0.05, 0.1) is 10.5 Å². The van der Waals surface area contributed by atoms with Crippen LogP contribution in [0.15, 0.2) is 27.1 Å². The van der Waals surface area contributed by atoms with Gasteiger partial charge in [-0.05, 0) is 40.5 Å². The van der Waals surface area contributed by atoms with Crippen LogP contribution in [0.4, 0.5) is 13.2 Å². The molecule has 0 aliphatic carbocycles. The number of ether oxygens (including phenoxy) is 1. The fourth-order valence-electron chi connectivity index (χ4n) is 1.32. The Morgan fingerprint density at radius 2 is 1.94 bits per heavy atom. The molecule has 0 aliphatic heterocycles. The lowest BCUT2D eigenvalue weighted by Gasteiger charge is -2.26. The molecule has 2 nitrogen and oxygen atoms in total. The normalized spacial score (nSPS) is 15.3. The van der Waals surface area contributed by atoms with E-state index < -0.39 is 18.3 Å². The zero-order valence-electron chi connectivity index (χ0n) is 9.47. The Labute approximate surface area is 120 Å². The van der Waals surface area contributed by atoms with Gasteiger partial charge in [0.15, 0.2) is 0 Å². The van der Waals surface area contributed by atoms with Crippen molar-refractivity contribution >= 4 is 31.9 Å². The Morgan fingerprint density at radius 1 is 1.33 bits per heavy atom. The lowest BCUT2D eigenvalue weighted by Crippen LogP contribution is -2.48. The summed E-state index contributed by atoms with van der Waals surface area (Å²) in [5.74, 6) is 0.115. The van der Waals surface area contributed by atoms with Crippen molar-refractivity contribution in [3.05, 3.63) is 27.1 Å². The SMILES string of the molecule is CCC(N)C(Oc1ccc(Br)cc1Br)C(F)(F)F. The summed E-state index contributed by atoms with van der Waals surface area (Å²) in [5.41, 5.74) is 5.46. The van der Waals surface area contributed by atoms with Crippen molar-refractivity contribution in [3.63, 3.8) is 0 Å². The third-order valence-electron chi connectivity index (χ3n) is 2.33. The number of hydrogen-bond acceptors (Lipinski definition) is 2. The summed E-state index contributed by atoms with van der Waals surface area (Å²) in [4.78, 5) is 0. The summed E-state index contributed by atoms with van der Waals surface area (Å²) in [6.45, 7) is 1.59. The van der Waals surface area contributed by atoms with E-state index in [0.29, 0.717) is 4.47 Å². The average molecular weight is 391 g/mol. The highest BCUT2D eigenvalue weighted by atomic mass is 79.9. The van der Waals surface area contributed by atoms with Crippen LogP contribution in [0.2, 0.25) is 0 Å². The maximum Gasteiger partial charge on any atom is 0.426 e. The Balaban J connectivity index is 2.96. The first-order chi connectivity index (χ1) is 8.25. The molecule has 0 aliphatic rings. The van der Waals surface area contributed by atoms with Crippen LogP contribution in [0.3, 0.4) is 0 Å². The van der Waals surface area contributed by atoms with Crippen molar-refractivity contribution in [2.24, 2.45) is 5.73 Å². The average Bonchev–Trinajstić information content (AvgIpc) is 2.25.